The first kappa shape index (κ1) is 10.1. The van der Waals surface area contributed by atoms with Crippen LogP contribution in [0.5, 0.6) is 0 Å². The van der Waals surface area contributed by atoms with Gasteiger partial charge in [-0.15, -0.1) is 0 Å². The van der Waals surface area contributed by atoms with Crippen LogP contribution in [0.2, 0.25) is 0 Å². The molecule has 0 amide bonds. The lowest BCUT2D eigenvalue weighted by atomic mass is 10.1. The number of aryl methyl sites for hydroxylation is 1. The summed E-state index contributed by atoms with van der Waals surface area (Å²) in [7, 11) is 2.06. The van der Waals surface area contributed by atoms with Crippen LogP contribution in [0.25, 0.3) is 0 Å². The zero-order chi connectivity index (χ0) is 11.1. The average molecular weight is 220 g/mol. The van der Waals surface area contributed by atoms with Crippen molar-refractivity contribution in [2.45, 2.75) is 37.6 Å². The molecule has 3 rings (SSSR count). The van der Waals surface area contributed by atoms with E-state index < -0.39 is 0 Å². The maximum atomic E-state index is 5.94. The van der Waals surface area contributed by atoms with Crippen LogP contribution in [0.3, 0.4) is 0 Å². The molecule has 0 spiro atoms. The van der Waals surface area contributed by atoms with Gasteiger partial charge in [0.15, 0.2) is 0 Å². The number of anilines is 1. The number of aromatic nitrogens is 2. The summed E-state index contributed by atoms with van der Waals surface area (Å²) < 4.78 is 2.06. The quantitative estimate of drug-likeness (QED) is 0.815. The molecule has 2 fully saturated rings. The first-order valence-corrected chi connectivity index (χ1v) is 6.28. The van der Waals surface area contributed by atoms with Crippen molar-refractivity contribution in [2.75, 3.05) is 18.0 Å². The third-order valence-corrected chi connectivity index (χ3v) is 3.81. The lowest BCUT2D eigenvalue weighted by Gasteiger charge is -2.31. The van der Waals surface area contributed by atoms with Crippen molar-refractivity contribution in [3.8, 4) is 0 Å². The van der Waals surface area contributed by atoms with Crippen LogP contribution in [0.15, 0.2) is 6.20 Å². The van der Waals surface area contributed by atoms with Crippen LogP contribution in [-0.4, -0.2) is 28.9 Å². The van der Waals surface area contributed by atoms with Gasteiger partial charge in [-0.05, 0) is 25.7 Å². The van der Waals surface area contributed by atoms with Crippen LogP contribution < -0.4 is 10.6 Å². The van der Waals surface area contributed by atoms with Gasteiger partial charge in [0.05, 0.1) is 17.6 Å². The Morgan fingerprint density at radius 3 is 2.56 bits per heavy atom. The fourth-order valence-electron chi connectivity index (χ4n) is 2.65. The fraction of sp³-hybridized carbons (Fsp3) is 0.750. The van der Waals surface area contributed by atoms with E-state index in [1.165, 1.54) is 24.2 Å². The van der Waals surface area contributed by atoms with Crippen molar-refractivity contribution < 1.29 is 0 Å². The zero-order valence-electron chi connectivity index (χ0n) is 9.89. The highest BCUT2D eigenvalue weighted by Crippen LogP contribution is 2.44. The van der Waals surface area contributed by atoms with E-state index in [9.17, 15) is 0 Å². The molecular formula is C12H20N4. The Morgan fingerprint density at radius 1 is 1.25 bits per heavy atom. The van der Waals surface area contributed by atoms with Crippen molar-refractivity contribution in [2.24, 2.45) is 12.8 Å². The predicted molar refractivity (Wildman–Crippen MR) is 64.6 cm³/mol. The number of piperidine rings is 1. The highest BCUT2D eigenvalue weighted by molar-refractivity contribution is 5.52. The van der Waals surface area contributed by atoms with Gasteiger partial charge in [-0.25, -0.2) is 0 Å². The molecule has 88 valence electrons. The second kappa shape index (κ2) is 3.77. The van der Waals surface area contributed by atoms with Gasteiger partial charge < -0.3 is 10.6 Å². The Bertz CT molecular complexity index is 372. The molecule has 0 unspecified atom stereocenters. The second-order valence-electron chi connectivity index (χ2n) is 5.14. The molecule has 2 aliphatic rings. The first-order chi connectivity index (χ1) is 7.75. The number of hydrogen-bond acceptors (Lipinski definition) is 3. The standard InChI is InChI=1S/C12H20N4/c1-15-12(9-2-3-9)11(8-14-15)16-6-4-10(13)5-7-16/h8-10H,2-7,13H2,1H3. The minimum Gasteiger partial charge on any atom is -0.369 e. The highest BCUT2D eigenvalue weighted by Gasteiger charge is 2.31. The molecule has 0 atom stereocenters. The highest BCUT2D eigenvalue weighted by atomic mass is 15.3. The Labute approximate surface area is 96.4 Å². The third-order valence-electron chi connectivity index (χ3n) is 3.81. The van der Waals surface area contributed by atoms with Crippen LogP contribution in [0.4, 0.5) is 5.69 Å². The van der Waals surface area contributed by atoms with E-state index in [4.69, 9.17) is 5.73 Å². The molecule has 0 radical (unpaired) electrons. The van der Waals surface area contributed by atoms with Crippen LogP contribution in [0.1, 0.15) is 37.3 Å². The molecule has 1 aromatic heterocycles. The summed E-state index contributed by atoms with van der Waals surface area (Å²) in [5.41, 5.74) is 8.74. The van der Waals surface area contributed by atoms with Crippen molar-refractivity contribution in [3.05, 3.63) is 11.9 Å². The molecule has 1 aliphatic carbocycles. The molecule has 4 nitrogen and oxygen atoms in total. The largest absolute Gasteiger partial charge is 0.369 e. The predicted octanol–water partition coefficient (Wildman–Crippen LogP) is 1.22. The van der Waals surface area contributed by atoms with E-state index in [0.717, 1.165) is 31.8 Å². The van der Waals surface area contributed by atoms with Crippen LogP contribution in [0, 0.1) is 0 Å². The summed E-state index contributed by atoms with van der Waals surface area (Å²) in [4.78, 5) is 2.46. The lowest BCUT2D eigenvalue weighted by molar-refractivity contribution is 0.500. The van der Waals surface area contributed by atoms with Gasteiger partial charge in [-0.3, -0.25) is 4.68 Å². The summed E-state index contributed by atoms with van der Waals surface area (Å²) in [6.07, 6.45) is 6.92. The van der Waals surface area contributed by atoms with E-state index in [-0.39, 0.29) is 0 Å². The molecule has 2 N–H and O–H groups in total. The molecule has 2 heterocycles. The summed E-state index contributed by atoms with van der Waals surface area (Å²) in [6, 6.07) is 0.400. The van der Waals surface area contributed by atoms with Crippen molar-refractivity contribution in [1.82, 2.24) is 9.78 Å². The first-order valence-electron chi connectivity index (χ1n) is 6.28. The maximum Gasteiger partial charge on any atom is 0.0787 e. The second-order valence-corrected chi connectivity index (χ2v) is 5.14. The summed E-state index contributed by atoms with van der Waals surface area (Å²) in [5.74, 6) is 0.762. The van der Waals surface area contributed by atoms with E-state index >= 15 is 0 Å². The smallest absolute Gasteiger partial charge is 0.0787 e. The summed E-state index contributed by atoms with van der Waals surface area (Å²) in [6.45, 7) is 2.18. The van der Waals surface area contributed by atoms with E-state index in [1.54, 1.807) is 0 Å². The number of rotatable bonds is 2. The SMILES string of the molecule is Cn1ncc(N2CCC(N)CC2)c1C1CC1. The van der Waals surface area contributed by atoms with Crippen LogP contribution >= 0.6 is 0 Å². The van der Waals surface area contributed by atoms with Gasteiger partial charge in [0, 0.05) is 32.1 Å². The van der Waals surface area contributed by atoms with Crippen molar-refractivity contribution in [3.63, 3.8) is 0 Å². The minimum absolute atomic E-state index is 0.400. The number of nitrogens with zero attached hydrogens (tertiary/aromatic N) is 3. The number of hydrogen-bond donors (Lipinski definition) is 1. The van der Waals surface area contributed by atoms with Crippen molar-refractivity contribution >= 4 is 5.69 Å². The maximum absolute atomic E-state index is 5.94. The summed E-state index contributed by atoms with van der Waals surface area (Å²) in [5, 5.41) is 4.42. The van der Waals surface area contributed by atoms with E-state index in [2.05, 4.69) is 21.7 Å². The van der Waals surface area contributed by atoms with Gasteiger partial charge in [0.1, 0.15) is 0 Å². The zero-order valence-corrected chi connectivity index (χ0v) is 9.89. The van der Waals surface area contributed by atoms with Crippen LogP contribution in [-0.2, 0) is 7.05 Å². The van der Waals surface area contributed by atoms with E-state index in [0.29, 0.717) is 6.04 Å². The van der Waals surface area contributed by atoms with Gasteiger partial charge in [0.25, 0.3) is 0 Å². The average Bonchev–Trinajstić information content (AvgIpc) is 3.04. The molecule has 4 heteroatoms. The van der Waals surface area contributed by atoms with Gasteiger partial charge in [-0.1, -0.05) is 0 Å². The Hall–Kier alpha value is -1.03. The fourth-order valence-corrected chi connectivity index (χ4v) is 2.65. The number of nitrogens with two attached hydrogens (primary N) is 1. The molecule has 1 aliphatic heterocycles. The third kappa shape index (κ3) is 1.71. The molecule has 0 bridgehead atoms. The molecule has 0 aromatic carbocycles. The van der Waals surface area contributed by atoms with Crippen molar-refractivity contribution in [1.29, 1.82) is 0 Å². The van der Waals surface area contributed by atoms with Gasteiger partial charge in [-0.2, -0.15) is 5.10 Å². The monoisotopic (exact) mass is 220 g/mol. The Morgan fingerprint density at radius 2 is 1.94 bits per heavy atom. The molecule has 1 saturated heterocycles. The molecule has 1 aromatic rings. The normalized spacial score (nSPS) is 22.8. The molecule has 16 heavy (non-hydrogen) atoms. The van der Waals surface area contributed by atoms with E-state index in [1.807, 2.05) is 6.20 Å². The topological polar surface area (TPSA) is 47.1 Å². The molecular weight excluding hydrogens is 200 g/mol. The van der Waals surface area contributed by atoms with Gasteiger partial charge >= 0.3 is 0 Å². The lowest BCUT2D eigenvalue weighted by Crippen LogP contribution is -2.39. The Kier molecular flexibility index (Phi) is 2.39. The summed E-state index contributed by atoms with van der Waals surface area (Å²) >= 11 is 0. The Balaban J connectivity index is 1.83. The van der Waals surface area contributed by atoms with Gasteiger partial charge in [0.2, 0.25) is 0 Å². The molecule has 1 saturated carbocycles. The minimum atomic E-state index is 0.400.